The van der Waals surface area contributed by atoms with Crippen molar-refractivity contribution < 1.29 is 9.90 Å². The van der Waals surface area contributed by atoms with Crippen molar-refractivity contribution in [2.24, 2.45) is 7.05 Å². The Morgan fingerprint density at radius 3 is 2.76 bits per heavy atom. The lowest BCUT2D eigenvalue weighted by Crippen LogP contribution is -2.10. The van der Waals surface area contributed by atoms with Gasteiger partial charge in [-0.25, -0.2) is 4.79 Å². The smallest absolute Gasteiger partial charge is 0.339 e. The standard InChI is InChI=1S/C15H20N4O2/c1-5-12-11(8-19(4)18-12)7-16-13-6-9(2)17-10(3)14(13)15(20)21/h6,8H,5,7H2,1-4H3,(H,16,17)(H,20,21). The van der Waals surface area contributed by atoms with Crippen LogP contribution in [0.5, 0.6) is 0 Å². The Morgan fingerprint density at radius 2 is 2.14 bits per heavy atom. The van der Waals surface area contributed by atoms with E-state index in [1.165, 1.54) is 0 Å². The molecule has 0 saturated carbocycles. The molecule has 0 aliphatic rings. The molecule has 0 radical (unpaired) electrons. The lowest BCUT2D eigenvalue weighted by atomic mass is 10.1. The highest BCUT2D eigenvalue weighted by Crippen LogP contribution is 2.21. The molecule has 2 aromatic heterocycles. The first-order valence-electron chi connectivity index (χ1n) is 6.89. The predicted molar refractivity (Wildman–Crippen MR) is 80.6 cm³/mol. The summed E-state index contributed by atoms with van der Waals surface area (Å²) in [6.45, 7) is 6.16. The number of hydrogen-bond acceptors (Lipinski definition) is 4. The van der Waals surface area contributed by atoms with Crippen LogP contribution < -0.4 is 5.32 Å². The average molecular weight is 288 g/mol. The Bertz CT molecular complexity index is 677. The molecule has 0 aliphatic carbocycles. The summed E-state index contributed by atoms with van der Waals surface area (Å²) in [5, 5.41) is 16.9. The number of pyridine rings is 1. The van der Waals surface area contributed by atoms with Gasteiger partial charge < -0.3 is 10.4 Å². The molecule has 2 N–H and O–H groups in total. The normalized spacial score (nSPS) is 10.7. The maximum absolute atomic E-state index is 11.4. The van der Waals surface area contributed by atoms with E-state index in [2.05, 4.69) is 22.3 Å². The molecule has 0 bridgehead atoms. The number of anilines is 1. The van der Waals surface area contributed by atoms with E-state index in [1.54, 1.807) is 17.7 Å². The number of nitrogens with one attached hydrogen (secondary N) is 1. The summed E-state index contributed by atoms with van der Waals surface area (Å²) < 4.78 is 1.77. The van der Waals surface area contributed by atoms with Crippen LogP contribution in [0.3, 0.4) is 0 Å². The van der Waals surface area contributed by atoms with Crippen LogP contribution in [0.15, 0.2) is 12.3 Å². The van der Waals surface area contributed by atoms with Crippen molar-refractivity contribution >= 4 is 11.7 Å². The van der Waals surface area contributed by atoms with Crippen LogP contribution in [-0.4, -0.2) is 25.8 Å². The Labute approximate surface area is 123 Å². The number of carbonyl (C=O) groups is 1. The van der Waals surface area contributed by atoms with Crippen LogP contribution in [0.4, 0.5) is 5.69 Å². The van der Waals surface area contributed by atoms with Gasteiger partial charge in [0.05, 0.1) is 17.1 Å². The summed E-state index contributed by atoms with van der Waals surface area (Å²) in [7, 11) is 1.88. The van der Waals surface area contributed by atoms with Gasteiger partial charge in [-0.15, -0.1) is 0 Å². The molecule has 112 valence electrons. The number of nitrogens with zero attached hydrogens (tertiary/aromatic N) is 3. The summed E-state index contributed by atoms with van der Waals surface area (Å²) in [5.41, 5.74) is 4.22. The van der Waals surface area contributed by atoms with E-state index < -0.39 is 5.97 Å². The second-order valence-corrected chi connectivity index (χ2v) is 5.06. The molecule has 0 amide bonds. The SMILES string of the molecule is CCc1nn(C)cc1CNc1cc(C)nc(C)c1C(=O)O. The first-order chi connectivity index (χ1) is 9.92. The van der Waals surface area contributed by atoms with E-state index in [0.717, 1.165) is 23.4 Å². The zero-order chi connectivity index (χ0) is 15.6. The topological polar surface area (TPSA) is 80.0 Å². The van der Waals surface area contributed by atoms with Crippen LogP contribution in [0.1, 0.15) is 39.9 Å². The van der Waals surface area contributed by atoms with Crippen molar-refractivity contribution in [3.8, 4) is 0 Å². The highest BCUT2D eigenvalue weighted by Gasteiger charge is 2.16. The maximum atomic E-state index is 11.4. The van der Waals surface area contributed by atoms with Gasteiger partial charge in [-0.05, 0) is 26.3 Å². The summed E-state index contributed by atoms with van der Waals surface area (Å²) in [5.74, 6) is -0.968. The van der Waals surface area contributed by atoms with Gasteiger partial charge in [0, 0.05) is 31.0 Å². The molecular formula is C15H20N4O2. The molecule has 0 saturated heterocycles. The van der Waals surface area contributed by atoms with E-state index >= 15 is 0 Å². The fourth-order valence-corrected chi connectivity index (χ4v) is 2.46. The van der Waals surface area contributed by atoms with Gasteiger partial charge in [-0.2, -0.15) is 5.10 Å². The molecule has 0 spiro atoms. The van der Waals surface area contributed by atoms with E-state index in [1.807, 2.05) is 20.2 Å². The summed E-state index contributed by atoms with van der Waals surface area (Å²) >= 11 is 0. The first-order valence-corrected chi connectivity index (χ1v) is 6.89. The summed E-state index contributed by atoms with van der Waals surface area (Å²) in [4.78, 5) is 15.6. The molecule has 0 aliphatic heterocycles. The third-order valence-corrected chi connectivity index (χ3v) is 3.34. The second-order valence-electron chi connectivity index (χ2n) is 5.06. The molecule has 21 heavy (non-hydrogen) atoms. The number of aromatic carboxylic acids is 1. The fraction of sp³-hybridized carbons (Fsp3) is 0.400. The number of rotatable bonds is 5. The number of carboxylic acid groups (broad SMARTS) is 1. The van der Waals surface area contributed by atoms with E-state index in [0.29, 0.717) is 17.9 Å². The van der Waals surface area contributed by atoms with Gasteiger partial charge in [0.1, 0.15) is 5.56 Å². The highest BCUT2D eigenvalue weighted by atomic mass is 16.4. The lowest BCUT2D eigenvalue weighted by Gasteiger charge is -2.12. The van der Waals surface area contributed by atoms with Crippen molar-refractivity contribution in [1.82, 2.24) is 14.8 Å². The molecule has 0 fully saturated rings. The van der Waals surface area contributed by atoms with Gasteiger partial charge >= 0.3 is 5.97 Å². The molecule has 2 heterocycles. The minimum absolute atomic E-state index is 0.225. The van der Waals surface area contributed by atoms with Gasteiger partial charge in [0.2, 0.25) is 0 Å². The van der Waals surface area contributed by atoms with Gasteiger partial charge in [-0.3, -0.25) is 9.67 Å². The van der Waals surface area contributed by atoms with Crippen LogP contribution in [0, 0.1) is 13.8 Å². The Kier molecular flexibility index (Phi) is 4.26. The largest absolute Gasteiger partial charge is 0.478 e. The molecule has 6 nitrogen and oxygen atoms in total. The summed E-state index contributed by atoms with van der Waals surface area (Å²) in [6, 6.07) is 1.76. The Hall–Kier alpha value is -2.37. The average Bonchev–Trinajstić information content (AvgIpc) is 2.75. The Balaban J connectivity index is 2.29. The third kappa shape index (κ3) is 3.21. The highest BCUT2D eigenvalue weighted by molar-refractivity contribution is 5.95. The third-order valence-electron chi connectivity index (χ3n) is 3.34. The number of carboxylic acids is 1. The van der Waals surface area contributed by atoms with Crippen molar-refractivity contribution in [2.45, 2.75) is 33.7 Å². The monoisotopic (exact) mass is 288 g/mol. The molecule has 0 atom stereocenters. The van der Waals surface area contributed by atoms with E-state index in [4.69, 9.17) is 0 Å². The molecule has 6 heteroatoms. The number of aryl methyl sites for hydroxylation is 4. The Morgan fingerprint density at radius 1 is 1.43 bits per heavy atom. The molecule has 2 rings (SSSR count). The second kappa shape index (κ2) is 5.95. The van der Waals surface area contributed by atoms with Gasteiger partial charge in [0.25, 0.3) is 0 Å². The fourth-order valence-electron chi connectivity index (χ4n) is 2.46. The van der Waals surface area contributed by atoms with E-state index in [9.17, 15) is 9.90 Å². The van der Waals surface area contributed by atoms with Crippen molar-refractivity contribution in [3.63, 3.8) is 0 Å². The quantitative estimate of drug-likeness (QED) is 0.882. The minimum Gasteiger partial charge on any atom is -0.478 e. The van der Waals surface area contributed by atoms with E-state index in [-0.39, 0.29) is 5.56 Å². The first kappa shape index (κ1) is 15.0. The molecule has 0 unspecified atom stereocenters. The van der Waals surface area contributed by atoms with Crippen LogP contribution in [0.25, 0.3) is 0 Å². The molecule has 0 aromatic carbocycles. The van der Waals surface area contributed by atoms with Crippen LogP contribution >= 0.6 is 0 Å². The van der Waals surface area contributed by atoms with Crippen molar-refractivity contribution in [3.05, 3.63) is 40.5 Å². The minimum atomic E-state index is -0.968. The van der Waals surface area contributed by atoms with Crippen molar-refractivity contribution in [1.29, 1.82) is 0 Å². The van der Waals surface area contributed by atoms with Crippen LogP contribution in [0.2, 0.25) is 0 Å². The van der Waals surface area contributed by atoms with Crippen LogP contribution in [-0.2, 0) is 20.0 Å². The molecule has 2 aromatic rings. The lowest BCUT2D eigenvalue weighted by molar-refractivity contribution is 0.0696. The van der Waals surface area contributed by atoms with Gasteiger partial charge in [-0.1, -0.05) is 6.92 Å². The zero-order valence-electron chi connectivity index (χ0n) is 12.8. The molecular weight excluding hydrogens is 268 g/mol. The van der Waals surface area contributed by atoms with Crippen molar-refractivity contribution in [2.75, 3.05) is 5.32 Å². The van der Waals surface area contributed by atoms with Gasteiger partial charge in [0.15, 0.2) is 0 Å². The maximum Gasteiger partial charge on any atom is 0.339 e. The zero-order valence-corrected chi connectivity index (χ0v) is 12.8. The summed E-state index contributed by atoms with van der Waals surface area (Å²) in [6.07, 6.45) is 2.80. The number of aromatic nitrogens is 3. The predicted octanol–water partition coefficient (Wildman–Crippen LogP) is 2.30. The number of hydrogen-bond donors (Lipinski definition) is 2.